The van der Waals surface area contributed by atoms with E-state index in [0.717, 1.165) is 0 Å². The zero-order valence-corrected chi connectivity index (χ0v) is 15.5. The third kappa shape index (κ3) is 5.88. The fourth-order valence-electron chi connectivity index (χ4n) is 2.32. The maximum atomic E-state index is 13.6. The number of carbonyl (C=O) groups excluding carboxylic acids is 2. The number of benzene rings is 1. The average molecular weight is 414 g/mol. The van der Waals surface area contributed by atoms with Crippen LogP contribution in [-0.2, 0) is 10.9 Å². The first-order chi connectivity index (χ1) is 13.7. The number of anilines is 2. The minimum absolute atomic E-state index is 0.0324. The molecule has 2 amide bonds. The molecule has 0 atom stereocenters. The number of ether oxygens (including phenoxy) is 1. The second-order valence-corrected chi connectivity index (χ2v) is 5.80. The fourth-order valence-corrected chi connectivity index (χ4v) is 2.32. The Balaban J connectivity index is 2.36. The largest absolute Gasteiger partial charge is 0.416 e. The van der Waals surface area contributed by atoms with Gasteiger partial charge in [-0.3, -0.25) is 9.59 Å². The van der Waals surface area contributed by atoms with Crippen LogP contribution in [0.2, 0.25) is 0 Å². The second-order valence-electron chi connectivity index (χ2n) is 5.80. The van der Waals surface area contributed by atoms with Gasteiger partial charge in [0.15, 0.2) is 0 Å². The van der Waals surface area contributed by atoms with Crippen molar-refractivity contribution in [1.82, 2.24) is 10.3 Å². The van der Waals surface area contributed by atoms with Crippen LogP contribution in [0.25, 0.3) is 0 Å². The Kier molecular flexibility index (Phi) is 7.10. The Morgan fingerprint density at radius 1 is 1.10 bits per heavy atom. The number of carbonyl (C=O) groups is 2. The molecule has 3 N–H and O–H groups in total. The van der Waals surface area contributed by atoms with Crippen LogP contribution < -0.4 is 16.0 Å². The number of hydrogen-bond donors (Lipinski definition) is 3. The Bertz CT molecular complexity index is 903. The minimum Gasteiger partial charge on any atom is -0.383 e. The highest BCUT2D eigenvalue weighted by atomic mass is 19.4. The van der Waals surface area contributed by atoms with E-state index in [2.05, 4.69) is 20.9 Å². The van der Waals surface area contributed by atoms with Gasteiger partial charge in [-0.15, -0.1) is 0 Å². The van der Waals surface area contributed by atoms with E-state index in [1.165, 1.54) is 26.4 Å². The number of hydrogen-bond acceptors (Lipinski definition) is 5. The third-order valence-corrected chi connectivity index (χ3v) is 3.71. The van der Waals surface area contributed by atoms with E-state index in [4.69, 9.17) is 4.74 Å². The Morgan fingerprint density at radius 2 is 1.83 bits per heavy atom. The van der Waals surface area contributed by atoms with Crippen LogP contribution >= 0.6 is 0 Å². The highest BCUT2D eigenvalue weighted by Crippen LogP contribution is 2.31. The van der Waals surface area contributed by atoms with Crippen molar-refractivity contribution in [3.05, 3.63) is 53.0 Å². The molecule has 2 aromatic rings. The summed E-state index contributed by atoms with van der Waals surface area (Å²) in [5.41, 5.74) is -1.69. The van der Waals surface area contributed by atoms with Crippen molar-refractivity contribution in [3.63, 3.8) is 0 Å². The van der Waals surface area contributed by atoms with Crippen LogP contribution in [0.15, 0.2) is 30.5 Å². The van der Waals surface area contributed by atoms with Crippen molar-refractivity contribution in [2.45, 2.75) is 6.18 Å². The van der Waals surface area contributed by atoms with Crippen LogP contribution in [-0.4, -0.2) is 44.1 Å². The molecule has 0 spiro atoms. The van der Waals surface area contributed by atoms with Crippen LogP contribution in [0.3, 0.4) is 0 Å². The number of pyridine rings is 1. The summed E-state index contributed by atoms with van der Waals surface area (Å²) < 4.78 is 57.1. The summed E-state index contributed by atoms with van der Waals surface area (Å²) in [5.74, 6) is -2.53. The van der Waals surface area contributed by atoms with Gasteiger partial charge in [0.1, 0.15) is 11.6 Å². The lowest BCUT2D eigenvalue weighted by atomic mass is 10.1. The second kappa shape index (κ2) is 9.32. The van der Waals surface area contributed by atoms with Crippen LogP contribution in [0.4, 0.5) is 29.1 Å². The molecule has 0 unspecified atom stereocenters. The zero-order valence-electron chi connectivity index (χ0n) is 15.5. The molecule has 1 aromatic heterocycles. The molecule has 1 heterocycles. The fraction of sp³-hybridized carbons (Fsp3) is 0.278. The minimum atomic E-state index is -4.81. The summed E-state index contributed by atoms with van der Waals surface area (Å²) in [6.45, 7) is 0.620. The molecule has 0 bridgehead atoms. The van der Waals surface area contributed by atoms with Gasteiger partial charge in [-0.05, 0) is 24.3 Å². The topological polar surface area (TPSA) is 92.3 Å². The van der Waals surface area contributed by atoms with Gasteiger partial charge in [0.2, 0.25) is 0 Å². The molecule has 7 nitrogen and oxygen atoms in total. The van der Waals surface area contributed by atoms with Gasteiger partial charge >= 0.3 is 6.18 Å². The smallest absolute Gasteiger partial charge is 0.383 e. The Labute approximate surface area is 163 Å². The summed E-state index contributed by atoms with van der Waals surface area (Å²) in [5, 5.41) is 7.62. The number of nitrogens with zero attached hydrogens (tertiary/aromatic N) is 1. The molecular weight excluding hydrogens is 396 g/mol. The number of rotatable bonds is 7. The molecule has 0 radical (unpaired) electrons. The van der Waals surface area contributed by atoms with Gasteiger partial charge in [-0.2, -0.15) is 13.2 Å². The molecule has 11 heteroatoms. The summed E-state index contributed by atoms with van der Waals surface area (Å²) in [4.78, 5) is 28.3. The summed E-state index contributed by atoms with van der Waals surface area (Å²) >= 11 is 0. The first-order valence-corrected chi connectivity index (χ1v) is 8.29. The number of alkyl halides is 3. The first kappa shape index (κ1) is 22.1. The van der Waals surface area contributed by atoms with Crippen molar-refractivity contribution in [2.75, 3.05) is 37.9 Å². The van der Waals surface area contributed by atoms with Gasteiger partial charge in [0, 0.05) is 32.5 Å². The molecular formula is C18H18F4N4O3. The Hall–Kier alpha value is -3.21. The SMILES string of the molecule is CNC(=O)c1cnc(NCCOC)c(NC(=O)c2cc(F)cc(C(F)(F)F)c2)c1. The lowest BCUT2D eigenvalue weighted by Gasteiger charge is -2.14. The van der Waals surface area contributed by atoms with E-state index in [0.29, 0.717) is 31.4 Å². The molecule has 29 heavy (non-hydrogen) atoms. The lowest BCUT2D eigenvalue weighted by molar-refractivity contribution is -0.137. The first-order valence-electron chi connectivity index (χ1n) is 8.29. The van der Waals surface area contributed by atoms with Gasteiger partial charge in [0.05, 0.1) is 23.4 Å². The maximum Gasteiger partial charge on any atom is 0.416 e. The van der Waals surface area contributed by atoms with Crippen LogP contribution in [0.5, 0.6) is 0 Å². The molecule has 0 aliphatic rings. The van der Waals surface area contributed by atoms with Crippen molar-refractivity contribution >= 4 is 23.3 Å². The van der Waals surface area contributed by atoms with E-state index < -0.39 is 34.9 Å². The van der Waals surface area contributed by atoms with Gasteiger partial charge in [0.25, 0.3) is 11.8 Å². The van der Waals surface area contributed by atoms with Gasteiger partial charge in [-0.25, -0.2) is 9.37 Å². The normalized spacial score (nSPS) is 11.1. The van der Waals surface area contributed by atoms with Gasteiger partial charge < -0.3 is 20.7 Å². The van der Waals surface area contributed by atoms with Crippen molar-refractivity contribution in [2.24, 2.45) is 0 Å². The predicted molar refractivity (Wildman–Crippen MR) is 97.3 cm³/mol. The summed E-state index contributed by atoms with van der Waals surface area (Å²) in [6, 6.07) is 2.80. The predicted octanol–water partition coefficient (Wildman–Crippen LogP) is 2.91. The maximum absolute atomic E-state index is 13.6. The van der Waals surface area contributed by atoms with Crippen LogP contribution in [0, 0.1) is 5.82 Å². The van der Waals surface area contributed by atoms with Gasteiger partial charge in [-0.1, -0.05) is 0 Å². The molecule has 0 saturated heterocycles. The number of aromatic nitrogens is 1. The van der Waals surface area contributed by atoms with E-state index in [1.54, 1.807) is 0 Å². The molecule has 0 aliphatic carbocycles. The highest BCUT2D eigenvalue weighted by Gasteiger charge is 2.32. The molecule has 156 valence electrons. The number of amides is 2. The molecule has 1 aromatic carbocycles. The lowest BCUT2D eigenvalue weighted by Crippen LogP contribution is -2.21. The third-order valence-electron chi connectivity index (χ3n) is 3.71. The van der Waals surface area contributed by atoms with E-state index in [-0.39, 0.29) is 17.1 Å². The number of methoxy groups -OCH3 is 1. The van der Waals surface area contributed by atoms with E-state index in [1.807, 2.05) is 0 Å². The highest BCUT2D eigenvalue weighted by molar-refractivity contribution is 6.06. The van der Waals surface area contributed by atoms with Crippen molar-refractivity contribution in [3.8, 4) is 0 Å². The number of nitrogens with one attached hydrogen (secondary N) is 3. The average Bonchev–Trinajstić information content (AvgIpc) is 2.67. The molecule has 0 saturated carbocycles. The Morgan fingerprint density at radius 3 is 2.45 bits per heavy atom. The molecule has 0 aliphatic heterocycles. The standard InChI is InChI=1S/C18H18F4N4O3/c1-23-16(27)11-7-14(15(25-9-11)24-3-4-29-2)26-17(28)10-5-12(18(20,21)22)8-13(19)6-10/h5-9H,3-4H2,1-2H3,(H,23,27)(H,24,25)(H,26,28). The monoisotopic (exact) mass is 414 g/mol. The summed E-state index contributed by atoms with van der Waals surface area (Å²) in [7, 11) is 2.88. The molecule has 0 fully saturated rings. The number of halogens is 4. The molecule has 2 rings (SSSR count). The van der Waals surface area contributed by atoms with E-state index in [9.17, 15) is 27.2 Å². The van der Waals surface area contributed by atoms with Crippen LogP contribution in [0.1, 0.15) is 26.3 Å². The van der Waals surface area contributed by atoms with E-state index >= 15 is 0 Å². The summed E-state index contributed by atoms with van der Waals surface area (Å²) in [6.07, 6.45) is -3.56. The quantitative estimate of drug-likeness (QED) is 0.479. The van der Waals surface area contributed by atoms with Crippen molar-refractivity contribution < 1.29 is 31.9 Å². The van der Waals surface area contributed by atoms with Crippen molar-refractivity contribution in [1.29, 1.82) is 0 Å². The zero-order chi connectivity index (χ0) is 21.6.